The van der Waals surface area contributed by atoms with Crippen molar-refractivity contribution in [1.82, 2.24) is 9.21 Å². The zero-order valence-electron chi connectivity index (χ0n) is 16.5. The molecule has 1 N–H and O–H groups in total. The maximum absolute atomic E-state index is 12.9. The number of carbonyl (C=O) groups excluding carboxylic acids is 1. The number of carbonyl (C=O) groups is 1. The molecule has 3 rings (SSSR count). The smallest absolute Gasteiger partial charge is 0.289 e. The molecule has 9 nitrogen and oxygen atoms in total. The van der Waals surface area contributed by atoms with Gasteiger partial charge in [0.2, 0.25) is 15.9 Å². The highest BCUT2D eigenvalue weighted by Crippen LogP contribution is 2.30. The second kappa shape index (κ2) is 9.49. The van der Waals surface area contributed by atoms with Crippen molar-refractivity contribution in [2.24, 2.45) is 0 Å². The Morgan fingerprint density at radius 1 is 1.10 bits per heavy atom. The van der Waals surface area contributed by atoms with Gasteiger partial charge in [-0.25, -0.2) is 8.42 Å². The lowest BCUT2D eigenvalue weighted by atomic mass is 10.2. The molecule has 0 radical (unpaired) electrons. The minimum Gasteiger partial charge on any atom is -0.323 e. The molecule has 1 fully saturated rings. The lowest BCUT2D eigenvalue weighted by Gasteiger charge is -2.36. The minimum atomic E-state index is -4.03. The number of rotatable bonds is 6. The summed E-state index contributed by atoms with van der Waals surface area (Å²) in [7, 11) is -4.03. The van der Waals surface area contributed by atoms with Gasteiger partial charge in [0.25, 0.3) is 5.69 Å². The normalized spacial score (nSPS) is 16.6. The SMILES string of the molecule is CC(C(=O)Nc1cccc(Cl)c1Cl)N1CCN(S(=O)(=O)c2ccccc2[N+](=O)[O-])CC1. The van der Waals surface area contributed by atoms with E-state index in [1.807, 2.05) is 4.90 Å². The molecule has 1 amide bonds. The standard InChI is InChI=1S/C19H20Cl2N4O5S/c1-13(19(26)22-15-6-4-5-14(20)18(15)21)23-9-11-24(12-10-23)31(29,30)17-8-3-2-7-16(17)25(27)28/h2-8,13H,9-12H2,1H3,(H,22,26). The molecule has 0 aliphatic carbocycles. The van der Waals surface area contributed by atoms with E-state index in [0.717, 1.165) is 6.07 Å². The van der Waals surface area contributed by atoms with Crippen molar-refractivity contribution in [3.63, 3.8) is 0 Å². The first-order valence-corrected chi connectivity index (χ1v) is 11.5. The second-order valence-electron chi connectivity index (χ2n) is 6.93. The zero-order valence-corrected chi connectivity index (χ0v) is 18.8. The van der Waals surface area contributed by atoms with E-state index in [4.69, 9.17) is 23.2 Å². The third kappa shape index (κ3) is 4.99. The van der Waals surface area contributed by atoms with Gasteiger partial charge in [0.15, 0.2) is 4.90 Å². The lowest BCUT2D eigenvalue weighted by molar-refractivity contribution is -0.387. The highest BCUT2D eigenvalue weighted by atomic mass is 35.5. The molecule has 1 heterocycles. The Kier molecular flexibility index (Phi) is 7.17. The predicted octanol–water partition coefficient (Wildman–Crippen LogP) is 3.24. The Bertz CT molecular complexity index is 1100. The summed E-state index contributed by atoms with van der Waals surface area (Å²) in [6.45, 7) is 2.49. The number of hydrogen-bond acceptors (Lipinski definition) is 6. The van der Waals surface area contributed by atoms with Gasteiger partial charge in [-0.3, -0.25) is 19.8 Å². The quantitative estimate of drug-likeness (QED) is 0.495. The van der Waals surface area contributed by atoms with Crippen molar-refractivity contribution in [3.05, 3.63) is 62.6 Å². The molecule has 31 heavy (non-hydrogen) atoms. The molecule has 166 valence electrons. The fraction of sp³-hybridized carbons (Fsp3) is 0.316. The van der Waals surface area contributed by atoms with Crippen molar-refractivity contribution >= 4 is 50.5 Å². The number of benzene rings is 2. The molecule has 1 saturated heterocycles. The lowest BCUT2D eigenvalue weighted by Crippen LogP contribution is -2.54. The third-order valence-electron chi connectivity index (χ3n) is 5.09. The number of piperazine rings is 1. The summed E-state index contributed by atoms with van der Waals surface area (Å²) in [6, 6.07) is 9.62. The summed E-state index contributed by atoms with van der Waals surface area (Å²) in [6.07, 6.45) is 0. The van der Waals surface area contributed by atoms with E-state index in [9.17, 15) is 23.3 Å². The van der Waals surface area contributed by atoms with Crippen LogP contribution in [0.2, 0.25) is 10.0 Å². The van der Waals surface area contributed by atoms with E-state index in [2.05, 4.69) is 5.32 Å². The Morgan fingerprint density at radius 3 is 2.39 bits per heavy atom. The maximum Gasteiger partial charge on any atom is 0.289 e. The van der Waals surface area contributed by atoms with Crippen LogP contribution in [0.25, 0.3) is 0 Å². The fourth-order valence-electron chi connectivity index (χ4n) is 3.30. The molecule has 2 aromatic rings. The average molecular weight is 487 g/mol. The molecule has 1 aliphatic rings. The van der Waals surface area contributed by atoms with Crippen molar-refractivity contribution in [3.8, 4) is 0 Å². The maximum atomic E-state index is 12.9. The number of nitro benzene ring substituents is 1. The number of amides is 1. The number of nitro groups is 1. The first kappa shape index (κ1) is 23.4. The number of sulfonamides is 1. The van der Waals surface area contributed by atoms with Gasteiger partial charge in [0.1, 0.15) is 0 Å². The van der Waals surface area contributed by atoms with Crippen molar-refractivity contribution < 1.29 is 18.1 Å². The van der Waals surface area contributed by atoms with E-state index in [0.29, 0.717) is 10.7 Å². The topological polar surface area (TPSA) is 113 Å². The molecule has 1 aliphatic heterocycles. The van der Waals surface area contributed by atoms with Crippen LogP contribution in [0.15, 0.2) is 47.4 Å². The van der Waals surface area contributed by atoms with E-state index < -0.39 is 26.7 Å². The molecular formula is C19H20Cl2N4O5S. The van der Waals surface area contributed by atoms with Gasteiger partial charge >= 0.3 is 0 Å². The highest BCUT2D eigenvalue weighted by molar-refractivity contribution is 7.89. The highest BCUT2D eigenvalue weighted by Gasteiger charge is 2.35. The molecule has 0 aromatic heterocycles. The largest absolute Gasteiger partial charge is 0.323 e. The number of nitrogens with zero attached hydrogens (tertiary/aromatic N) is 3. The molecule has 1 atom stereocenters. The first-order chi connectivity index (χ1) is 14.6. The Balaban J connectivity index is 1.67. The van der Waals surface area contributed by atoms with E-state index in [1.165, 1.54) is 22.5 Å². The third-order valence-corrected chi connectivity index (χ3v) is 7.85. The molecule has 1 unspecified atom stereocenters. The van der Waals surface area contributed by atoms with Crippen LogP contribution >= 0.6 is 23.2 Å². The Hall–Kier alpha value is -2.24. The van der Waals surface area contributed by atoms with Gasteiger partial charge in [-0.05, 0) is 25.1 Å². The summed E-state index contributed by atoms with van der Waals surface area (Å²) in [4.78, 5) is 24.6. The molecule has 2 aromatic carbocycles. The van der Waals surface area contributed by atoms with Crippen LogP contribution in [0.4, 0.5) is 11.4 Å². The van der Waals surface area contributed by atoms with Gasteiger partial charge in [-0.2, -0.15) is 4.31 Å². The molecule has 12 heteroatoms. The Labute approximate surface area is 189 Å². The van der Waals surface area contributed by atoms with Crippen LogP contribution < -0.4 is 5.32 Å². The van der Waals surface area contributed by atoms with Crippen LogP contribution in [0.5, 0.6) is 0 Å². The van der Waals surface area contributed by atoms with Gasteiger partial charge in [-0.1, -0.05) is 41.4 Å². The zero-order chi connectivity index (χ0) is 22.8. The van der Waals surface area contributed by atoms with Crippen LogP contribution in [0.1, 0.15) is 6.92 Å². The fourth-order valence-corrected chi connectivity index (χ4v) is 5.23. The molecule has 0 bridgehead atoms. The summed E-state index contributed by atoms with van der Waals surface area (Å²) in [5.41, 5.74) is -0.0697. The molecular weight excluding hydrogens is 467 g/mol. The van der Waals surface area contributed by atoms with Crippen molar-refractivity contribution in [2.75, 3.05) is 31.5 Å². The molecule has 0 saturated carbocycles. The van der Waals surface area contributed by atoms with E-state index in [-0.39, 0.29) is 42.0 Å². The predicted molar refractivity (Wildman–Crippen MR) is 118 cm³/mol. The van der Waals surface area contributed by atoms with Crippen LogP contribution in [0, 0.1) is 10.1 Å². The van der Waals surface area contributed by atoms with Gasteiger partial charge < -0.3 is 5.32 Å². The van der Waals surface area contributed by atoms with Crippen LogP contribution in [0.3, 0.4) is 0 Å². The number of anilines is 1. The minimum absolute atomic E-state index is 0.101. The first-order valence-electron chi connectivity index (χ1n) is 9.35. The van der Waals surface area contributed by atoms with Crippen LogP contribution in [-0.4, -0.2) is 60.7 Å². The average Bonchev–Trinajstić information content (AvgIpc) is 2.76. The summed E-state index contributed by atoms with van der Waals surface area (Å²) in [5, 5.41) is 14.5. The van der Waals surface area contributed by atoms with E-state index in [1.54, 1.807) is 25.1 Å². The van der Waals surface area contributed by atoms with Gasteiger partial charge in [-0.15, -0.1) is 0 Å². The summed E-state index contributed by atoms with van der Waals surface area (Å²) in [5.74, 6) is -0.306. The van der Waals surface area contributed by atoms with E-state index >= 15 is 0 Å². The number of nitrogens with one attached hydrogen (secondary N) is 1. The summed E-state index contributed by atoms with van der Waals surface area (Å²) < 4.78 is 27.1. The molecule has 0 spiro atoms. The monoisotopic (exact) mass is 486 g/mol. The summed E-state index contributed by atoms with van der Waals surface area (Å²) >= 11 is 12.1. The number of para-hydroxylation sites is 1. The van der Waals surface area contributed by atoms with Gasteiger partial charge in [0.05, 0.1) is 26.7 Å². The number of halogens is 2. The van der Waals surface area contributed by atoms with Gasteiger partial charge in [0, 0.05) is 32.2 Å². The second-order valence-corrected chi connectivity index (χ2v) is 9.62. The van der Waals surface area contributed by atoms with Crippen molar-refractivity contribution in [2.45, 2.75) is 17.9 Å². The van der Waals surface area contributed by atoms with Crippen molar-refractivity contribution in [1.29, 1.82) is 0 Å². The number of hydrogen-bond donors (Lipinski definition) is 1. The Morgan fingerprint density at radius 2 is 1.74 bits per heavy atom. The van der Waals surface area contributed by atoms with Crippen LogP contribution in [-0.2, 0) is 14.8 Å².